The van der Waals surface area contributed by atoms with E-state index < -0.39 is 0 Å². The summed E-state index contributed by atoms with van der Waals surface area (Å²) >= 11 is 0. The Morgan fingerprint density at radius 3 is 2.82 bits per heavy atom. The van der Waals surface area contributed by atoms with Gasteiger partial charge in [0.15, 0.2) is 5.96 Å². The highest BCUT2D eigenvalue weighted by Gasteiger charge is 2.20. The van der Waals surface area contributed by atoms with Gasteiger partial charge in [-0.05, 0) is 44.4 Å². The summed E-state index contributed by atoms with van der Waals surface area (Å²) in [4.78, 5) is 7.27. The standard InChI is InChI=1S/C21H32N6.HI/c1-3-22-21(23-11-13-27-15-18(2)14-24-27)25-20-10-7-12-26(17-20)16-19-8-5-4-6-9-19;/h4-6,8-9,14-15,20H,3,7,10-13,16-17H2,1-2H3,(H2,22,23,25);1H. The van der Waals surface area contributed by atoms with Crippen molar-refractivity contribution in [2.24, 2.45) is 4.99 Å². The number of hydrogen-bond acceptors (Lipinski definition) is 3. The van der Waals surface area contributed by atoms with Crippen molar-refractivity contribution >= 4 is 29.9 Å². The molecular formula is C21H33IN6. The van der Waals surface area contributed by atoms with Gasteiger partial charge in [-0.25, -0.2) is 0 Å². The predicted molar refractivity (Wildman–Crippen MR) is 126 cm³/mol. The fourth-order valence-electron chi connectivity index (χ4n) is 3.53. The Bertz CT molecular complexity index is 715. The summed E-state index contributed by atoms with van der Waals surface area (Å²) < 4.78 is 1.95. The van der Waals surface area contributed by atoms with Crippen molar-refractivity contribution in [2.75, 3.05) is 26.2 Å². The largest absolute Gasteiger partial charge is 0.357 e. The molecule has 0 amide bonds. The van der Waals surface area contributed by atoms with E-state index in [1.54, 1.807) is 0 Å². The highest BCUT2D eigenvalue weighted by molar-refractivity contribution is 14.0. The van der Waals surface area contributed by atoms with E-state index in [1.807, 2.05) is 10.9 Å². The third-order valence-electron chi connectivity index (χ3n) is 4.80. The van der Waals surface area contributed by atoms with E-state index >= 15 is 0 Å². The fraction of sp³-hybridized carbons (Fsp3) is 0.524. The molecule has 1 aliphatic heterocycles. The molecule has 1 aromatic carbocycles. The molecule has 1 atom stereocenters. The molecule has 6 nitrogen and oxygen atoms in total. The summed E-state index contributed by atoms with van der Waals surface area (Å²) in [5, 5.41) is 11.3. The second kappa shape index (κ2) is 12.1. The van der Waals surface area contributed by atoms with Crippen molar-refractivity contribution in [2.45, 2.75) is 45.8 Å². The number of piperidine rings is 1. The van der Waals surface area contributed by atoms with E-state index in [-0.39, 0.29) is 24.0 Å². The molecule has 0 spiro atoms. The number of halogens is 1. The minimum absolute atomic E-state index is 0. The van der Waals surface area contributed by atoms with Crippen LogP contribution >= 0.6 is 24.0 Å². The van der Waals surface area contributed by atoms with Crippen LogP contribution in [0.4, 0.5) is 0 Å². The Morgan fingerprint density at radius 1 is 1.29 bits per heavy atom. The molecule has 1 fully saturated rings. The summed E-state index contributed by atoms with van der Waals surface area (Å²) in [5.74, 6) is 0.910. The summed E-state index contributed by atoms with van der Waals surface area (Å²) in [6, 6.07) is 11.2. The molecule has 154 valence electrons. The first-order valence-corrected chi connectivity index (χ1v) is 10.0. The molecule has 0 aliphatic carbocycles. The molecule has 1 aromatic heterocycles. The predicted octanol–water partition coefficient (Wildman–Crippen LogP) is 3.03. The van der Waals surface area contributed by atoms with Crippen molar-refractivity contribution < 1.29 is 0 Å². The molecule has 28 heavy (non-hydrogen) atoms. The SMILES string of the molecule is CCNC(=NCCn1cc(C)cn1)NC1CCCN(Cc2ccccc2)C1.I. The van der Waals surface area contributed by atoms with Gasteiger partial charge in [-0.2, -0.15) is 5.10 Å². The molecule has 7 heteroatoms. The van der Waals surface area contributed by atoms with Gasteiger partial charge in [0, 0.05) is 31.9 Å². The maximum Gasteiger partial charge on any atom is 0.191 e. The number of hydrogen-bond donors (Lipinski definition) is 2. The average molecular weight is 496 g/mol. The van der Waals surface area contributed by atoms with Crippen LogP contribution in [0.2, 0.25) is 0 Å². The van der Waals surface area contributed by atoms with Crippen LogP contribution in [0.15, 0.2) is 47.7 Å². The molecular weight excluding hydrogens is 463 g/mol. The summed E-state index contributed by atoms with van der Waals surface area (Å²) in [6.45, 7) is 9.79. The van der Waals surface area contributed by atoms with Gasteiger partial charge in [-0.1, -0.05) is 30.3 Å². The van der Waals surface area contributed by atoms with Crippen molar-refractivity contribution in [1.29, 1.82) is 0 Å². The van der Waals surface area contributed by atoms with Crippen molar-refractivity contribution in [3.8, 4) is 0 Å². The maximum absolute atomic E-state index is 4.74. The Morgan fingerprint density at radius 2 is 2.11 bits per heavy atom. The zero-order valence-electron chi connectivity index (χ0n) is 17.0. The monoisotopic (exact) mass is 496 g/mol. The first-order chi connectivity index (χ1) is 13.2. The lowest BCUT2D eigenvalue weighted by Gasteiger charge is -2.34. The van der Waals surface area contributed by atoms with Crippen molar-refractivity contribution in [3.63, 3.8) is 0 Å². The summed E-state index contributed by atoms with van der Waals surface area (Å²) in [7, 11) is 0. The molecule has 1 saturated heterocycles. The van der Waals surface area contributed by atoms with E-state index in [0.717, 1.165) is 38.7 Å². The number of benzene rings is 1. The Balaban J connectivity index is 0.00000280. The van der Waals surface area contributed by atoms with Crippen LogP contribution in [0, 0.1) is 6.92 Å². The number of aliphatic imine (C=N–C) groups is 1. The van der Waals surface area contributed by atoms with E-state index in [1.165, 1.54) is 30.5 Å². The lowest BCUT2D eigenvalue weighted by Crippen LogP contribution is -2.51. The Kier molecular flexibility index (Phi) is 9.77. The molecule has 2 N–H and O–H groups in total. The first-order valence-electron chi connectivity index (χ1n) is 10.0. The molecule has 0 radical (unpaired) electrons. The number of aryl methyl sites for hydroxylation is 1. The molecule has 1 aliphatic rings. The van der Waals surface area contributed by atoms with Crippen LogP contribution in [-0.2, 0) is 13.1 Å². The number of aromatic nitrogens is 2. The topological polar surface area (TPSA) is 57.5 Å². The van der Waals surface area contributed by atoms with Gasteiger partial charge in [0.05, 0.1) is 19.3 Å². The summed E-state index contributed by atoms with van der Waals surface area (Å²) in [5.41, 5.74) is 2.57. The molecule has 2 aromatic rings. The number of guanidine groups is 1. The van der Waals surface area contributed by atoms with Crippen LogP contribution in [0.25, 0.3) is 0 Å². The summed E-state index contributed by atoms with van der Waals surface area (Å²) in [6.07, 6.45) is 6.35. The molecule has 1 unspecified atom stereocenters. The van der Waals surface area contributed by atoms with Gasteiger partial charge >= 0.3 is 0 Å². The number of nitrogens with one attached hydrogen (secondary N) is 2. The highest BCUT2D eigenvalue weighted by atomic mass is 127. The average Bonchev–Trinajstić information content (AvgIpc) is 3.08. The molecule has 0 saturated carbocycles. The number of rotatable bonds is 7. The number of likely N-dealkylation sites (tertiary alicyclic amines) is 1. The number of nitrogens with zero attached hydrogens (tertiary/aromatic N) is 4. The zero-order chi connectivity index (χ0) is 18.9. The molecule has 2 heterocycles. The molecule has 3 rings (SSSR count). The van der Waals surface area contributed by atoms with Crippen molar-refractivity contribution in [3.05, 3.63) is 53.9 Å². The fourth-order valence-corrected chi connectivity index (χ4v) is 3.53. The minimum Gasteiger partial charge on any atom is -0.357 e. The van der Waals surface area contributed by atoms with Crippen LogP contribution in [0.3, 0.4) is 0 Å². The van der Waals surface area contributed by atoms with Gasteiger partial charge in [0.25, 0.3) is 0 Å². The van der Waals surface area contributed by atoms with Gasteiger partial charge in [0.2, 0.25) is 0 Å². The smallest absolute Gasteiger partial charge is 0.191 e. The van der Waals surface area contributed by atoms with Gasteiger partial charge in [0.1, 0.15) is 0 Å². The van der Waals surface area contributed by atoms with E-state index in [4.69, 9.17) is 4.99 Å². The molecule has 0 bridgehead atoms. The third kappa shape index (κ3) is 7.43. The Labute approximate surface area is 185 Å². The quantitative estimate of drug-likeness (QED) is 0.352. The van der Waals surface area contributed by atoms with Crippen LogP contribution in [0.1, 0.15) is 30.9 Å². The van der Waals surface area contributed by atoms with Crippen LogP contribution in [0.5, 0.6) is 0 Å². The van der Waals surface area contributed by atoms with Gasteiger partial charge in [-0.3, -0.25) is 14.6 Å². The lowest BCUT2D eigenvalue weighted by molar-refractivity contribution is 0.192. The van der Waals surface area contributed by atoms with Gasteiger partial charge < -0.3 is 10.6 Å². The van der Waals surface area contributed by atoms with E-state index in [0.29, 0.717) is 6.04 Å². The van der Waals surface area contributed by atoms with Gasteiger partial charge in [-0.15, -0.1) is 24.0 Å². The van der Waals surface area contributed by atoms with Crippen molar-refractivity contribution in [1.82, 2.24) is 25.3 Å². The second-order valence-corrected chi connectivity index (χ2v) is 7.25. The van der Waals surface area contributed by atoms with Crippen LogP contribution < -0.4 is 10.6 Å². The first kappa shape index (κ1) is 22.7. The minimum atomic E-state index is 0. The third-order valence-corrected chi connectivity index (χ3v) is 4.80. The zero-order valence-corrected chi connectivity index (χ0v) is 19.3. The maximum atomic E-state index is 4.74. The normalized spacial score (nSPS) is 17.8. The van der Waals surface area contributed by atoms with E-state index in [2.05, 4.69) is 71.0 Å². The Hall–Kier alpha value is -1.61. The van der Waals surface area contributed by atoms with E-state index in [9.17, 15) is 0 Å². The second-order valence-electron chi connectivity index (χ2n) is 7.25. The lowest BCUT2D eigenvalue weighted by atomic mass is 10.0. The van der Waals surface area contributed by atoms with Crippen LogP contribution in [-0.4, -0.2) is 52.9 Å². The highest BCUT2D eigenvalue weighted by Crippen LogP contribution is 2.13.